The molecule has 0 fully saturated rings. The van der Waals surface area contributed by atoms with E-state index in [0.29, 0.717) is 4.34 Å². The van der Waals surface area contributed by atoms with Crippen molar-refractivity contribution in [3.63, 3.8) is 0 Å². The van der Waals surface area contributed by atoms with Crippen LogP contribution in [0.15, 0.2) is 17.7 Å². The van der Waals surface area contributed by atoms with Gasteiger partial charge in [0.1, 0.15) is 4.34 Å². The van der Waals surface area contributed by atoms with Crippen molar-refractivity contribution >= 4 is 38.7 Å². The first-order chi connectivity index (χ1) is 7.38. The zero-order valence-corrected chi connectivity index (χ0v) is 10.7. The van der Waals surface area contributed by atoms with Crippen molar-refractivity contribution in [3.8, 4) is 0 Å². The number of hydrogen-bond donors (Lipinski definition) is 1. The Morgan fingerprint density at radius 1 is 1.69 bits per heavy atom. The maximum atomic E-state index is 11.4. The molecule has 88 valence electrons. The van der Waals surface area contributed by atoms with Crippen molar-refractivity contribution in [2.75, 3.05) is 12.8 Å². The highest BCUT2D eigenvalue weighted by molar-refractivity contribution is 7.93. The molecule has 0 unspecified atom stereocenters. The van der Waals surface area contributed by atoms with Crippen molar-refractivity contribution in [2.45, 2.75) is 0 Å². The fourth-order valence-electron chi connectivity index (χ4n) is 0.810. The minimum Gasteiger partial charge on any atom is -0.346 e. The molecule has 0 atom stereocenters. The Morgan fingerprint density at radius 3 is 2.88 bits per heavy atom. The summed E-state index contributed by atoms with van der Waals surface area (Å²) in [6.07, 6.45) is 3.81. The van der Waals surface area contributed by atoms with E-state index in [9.17, 15) is 13.2 Å². The molecule has 1 N–H and O–H groups in total. The molecule has 0 saturated carbocycles. The molecular weight excluding hydrogens is 272 g/mol. The van der Waals surface area contributed by atoms with E-state index in [2.05, 4.69) is 10.3 Å². The van der Waals surface area contributed by atoms with Gasteiger partial charge in [-0.2, -0.15) is 0 Å². The fraction of sp³-hybridized carbons (Fsp3) is 0.250. The van der Waals surface area contributed by atoms with Gasteiger partial charge in [0.05, 0.1) is 6.20 Å². The average Bonchev–Trinajstić information content (AvgIpc) is 2.57. The van der Waals surface area contributed by atoms with Gasteiger partial charge < -0.3 is 5.32 Å². The number of rotatable bonds is 4. The second kappa shape index (κ2) is 5.42. The van der Waals surface area contributed by atoms with E-state index in [1.54, 1.807) is 0 Å². The van der Waals surface area contributed by atoms with Crippen molar-refractivity contribution in [1.29, 1.82) is 0 Å². The van der Waals surface area contributed by atoms with Crippen LogP contribution in [-0.2, 0) is 9.84 Å². The molecule has 1 rings (SSSR count). The number of halogens is 1. The molecule has 0 bridgehead atoms. The summed E-state index contributed by atoms with van der Waals surface area (Å²) in [5.74, 6) is -0.380. The van der Waals surface area contributed by atoms with Crippen LogP contribution in [0.3, 0.4) is 0 Å². The second-order valence-corrected chi connectivity index (χ2v) is 6.47. The van der Waals surface area contributed by atoms with E-state index < -0.39 is 9.84 Å². The second-order valence-electron chi connectivity index (χ2n) is 2.88. The SMILES string of the molecule is CS(=O)(=O)/C=C/CNC(=O)c1ncc(Cl)s1. The third-order valence-electron chi connectivity index (χ3n) is 1.40. The molecule has 0 aliphatic rings. The Bertz CT molecular complexity index is 507. The summed E-state index contributed by atoms with van der Waals surface area (Å²) < 4.78 is 21.9. The van der Waals surface area contributed by atoms with Gasteiger partial charge in [-0.25, -0.2) is 13.4 Å². The lowest BCUT2D eigenvalue weighted by molar-refractivity contribution is 0.0957. The van der Waals surface area contributed by atoms with Crippen molar-refractivity contribution in [1.82, 2.24) is 10.3 Å². The number of amides is 1. The monoisotopic (exact) mass is 280 g/mol. The molecule has 16 heavy (non-hydrogen) atoms. The van der Waals surface area contributed by atoms with E-state index in [1.165, 1.54) is 12.3 Å². The van der Waals surface area contributed by atoms with Crippen LogP contribution in [0.25, 0.3) is 0 Å². The Hall–Kier alpha value is -0.920. The predicted octanol–water partition coefficient (Wildman–Crippen LogP) is 1.08. The number of nitrogens with one attached hydrogen (secondary N) is 1. The van der Waals surface area contributed by atoms with Crippen LogP contribution in [0.4, 0.5) is 0 Å². The standard InChI is InChI=1S/C8H9ClN2O3S2/c1-16(13,14)4-2-3-10-7(12)8-11-5-6(9)15-8/h2,4-5H,3H2,1H3,(H,10,12)/b4-2+. The van der Waals surface area contributed by atoms with Crippen molar-refractivity contribution in [2.24, 2.45) is 0 Å². The number of carbonyl (C=O) groups excluding carboxylic acids is 1. The summed E-state index contributed by atoms with van der Waals surface area (Å²) in [6.45, 7) is 0.128. The Labute approximate surface area is 102 Å². The summed E-state index contributed by atoms with van der Waals surface area (Å²) in [7, 11) is -3.15. The molecule has 0 saturated heterocycles. The van der Waals surface area contributed by atoms with Gasteiger partial charge in [-0.3, -0.25) is 4.79 Å². The molecule has 0 spiro atoms. The minimum atomic E-state index is -3.15. The Morgan fingerprint density at radius 2 is 2.38 bits per heavy atom. The van der Waals surface area contributed by atoms with Crippen LogP contribution in [0.5, 0.6) is 0 Å². The third kappa shape index (κ3) is 4.73. The van der Waals surface area contributed by atoms with Crippen LogP contribution < -0.4 is 5.32 Å². The molecule has 0 aliphatic heterocycles. The molecule has 0 radical (unpaired) electrons. The highest BCUT2D eigenvalue weighted by Crippen LogP contribution is 2.17. The van der Waals surface area contributed by atoms with Crippen LogP contribution in [0.2, 0.25) is 4.34 Å². The highest BCUT2D eigenvalue weighted by Gasteiger charge is 2.08. The smallest absolute Gasteiger partial charge is 0.280 e. The van der Waals surface area contributed by atoms with Gasteiger partial charge in [-0.1, -0.05) is 29.0 Å². The van der Waals surface area contributed by atoms with E-state index in [-0.39, 0.29) is 17.5 Å². The average molecular weight is 281 g/mol. The summed E-state index contributed by atoms with van der Waals surface area (Å²) in [5.41, 5.74) is 0. The predicted molar refractivity (Wildman–Crippen MR) is 63.4 cm³/mol. The minimum absolute atomic E-state index is 0.128. The lowest BCUT2D eigenvalue weighted by atomic mass is 10.5. The maximum Gasteiger partial charge on any atom is 0.280 e. The summed E-state index contributed by atoms with van der Waals surface area (Å²) >= 11 is 6.67. The number of hydrogen-bond acceptors (Lipinski definition) is 5. The molecule has 0 aliphatic carbocycles. The van der Waals surface area contributed by atoms with Gasteiger partial charge in [0.15, 0.2) is 14.8 Å². The van der Waals surface area contributed by atoms with Gasteiger partial charge in [0.25, 0.3) is 5.91 Å². The molecule has 1 heterocycles. The van der Waals surface area contributed by atoms with Crippen molar-refractivity contribution < 1.29 is 13.2 Å². The Kier molecular flexibility index (Phi) is 4.45. The van der Waals surface area contributed by atoms with Gasteiger partial charge >= 0.3 is 0 Å². The maximum absolute atomic E-state index is 11.4. The van der Waals surface area contributed by atoms with Crippen LogP contribution in [-0.4, -0.2) is 32.1 Å². The van der Waals surface area contributed by atoms with Gasteiger partial charge in [0, 0.05) is 18.2 Å². The zero-order chi connectivity index (χ0) is 12.2. The van der Waals surface area contributed by atoms with E-state index in [1.807, 2.05) is 0 Å². The third-order valence-corrected chi connectivity index (χ3v) is 3.20. The summed E-state index contributed by atoms with van der Waals surface area (Å²) in [4.78, 5) is 15.2. The topological polar surface area (TPSA) is 76.1 Å². The quantitative estimate of drug-likeness (QED) is 0.895. The largest absolute Gasteiger partial charge is 0.346 e. The molecule has 8 heteroatoms. The zero-order valence-electron chi connectivity index (χ0n) is 8.31. The number of nitrogens with zero attached hydrogens (tertiary/aromatic N) is 1. The fourth-order valence-corrected chi connectivity index (χ4v) is 2.08. The highest BCUT2D eigenvalue weighted by atomic mass is 35.5. The first-order valence-electron chi connectivity index (χ1n) is 4.14. The van der Waals surface area contributed by atoms with E-state index >= 15 is 0 Å². The van der Waals surface area contributed by atoms with Crippen LogP contribution in [0.1, 0.15) is 9.80 Å². The summed E-state index contributed by atoms with van der Waals surface area (Å²) in [5, 5.41) is 3.76. The molecule has 0 aromatic carbocycles. The Balaban J connectivity index is 2.46. The first kappa shape index (κ1) is 13.1. The summed E-state index contributed by atoms with van der Waals surface area (Å²) in [6, 6.07) is 0. The first-order valence-corrected chi connectivity index (χ1v) is 7.29. The molecule has 5 nitrogen and oxygen atoms in total. The van der Waals surface area contributed by atoms with Crippen LogP contribution in [0, 0.1) is 0 Å². The molecule has 1 aromatic rings. The van der Waals surface area contributed by atoms with E-state index in [4.69, 9.17) is 11.6 Å². The lowest BCUT2D eigenvalue weighted by Gasteiger charge is -1.96. The van der Waals surface area contributed by atoms with Gasteiger partial charge in [-0.15, -0.1) is 0 Å². The molecule has 1 amide bonds. The number of carbonyl (C=O) groups is 1. The van der Waals surface area contributed by atoms with Gasteiger partial charge in [0.2, 0.25) is 0 Å². The number of aromatic nitrogens is 1. The van der Waals surface area contributed by atoms with Gasteiger partial charge in [-0.05, 0) is 0 Å². The number of sulfone groups is 1. The van der Waals surface area contributed by atoms with Crippen LogP contribution >= 0.6 is 22.9 Å². The van der Waals surface area contributed by atoms with E-state index in [0.717, 1.165) is 23.0 Å². The normalized spacial score (nSPS) is 11.9. The molecule has 1 aromatic heterocycles. The molecular formula is C8H9ClN2O3S2. The lowest BCUT2D eigenvalue weighted by Crippen LogP contribution is -2.23. The number of thiazole rings is 1. The van der Waals surface area contributed by atoms with Crippen molar-refractivity contribution in [3.05, 3.63) is 27.0 Å².